The van der Waals surface area contributed by atoms with Gasteiger partial charge in [0.15, 0.2) is 6.29 Å². The normalized spacial score (nSPS) is 33.8. The molecule has 1 N–H and O–H groups in total. The number of amides is 1. The highest BCUT2D eigenvalue weighted by atomic mass is 16.7. The van der Waals surface area contributed by atoms with Crippen molar-refractivity contribution in [3.8, 4) is 0 Å². The van der Waals surface area contributed by atoms with Crippen LogP contribution in [-0.2, 0) is 14.2 Å². The third-order valence-corrected chi connectivity index (χ3v) is 2.76. The molecule has 2 saturated heterocycles. The molecule has 1 amide bonds. The van der Waals surface area contributed by atoms with Gasteiger partial charge in [-0.15, -0.1) is 0 Å². The van der Waals surface area contributed by atoms with Crippen LogP contribution in [-0.4, -0.2) is 38.2 Å². The quantitative estimate of drug-likeness (QED) is 0.759. The second-order valence-corrected chi connectivity index (χ2v) is 3.90. The summed E-state index contributed by atoms with van der Waals surface area (Å²) in [5.74, 6) is 0.220. The van der Waals surface area contributed by atoms with Gasteiger partial charge in [0.05, 0.1) is 19.1 Å². The standard InChI is InChI=1S/C10H17NO4/c1-2-4-11-10(12)15-8-6-14-9-7(8)3-5-13-9/h7-9H,2-6H2,1H3,(H,11,12)/t7-,8-,9+/m0/s1. The van der Waals surface area contributed by atoms with Gasteiger partial charge in [0.25, 0.3) is 0 Å². The molecule has 0 saturated carbocycles. The molecule has 0 aromatic rings. The molecule has 86 valence electrons. The molecule has 15 heavy (non-hydrogen) atoms. The summed E-state index contributed by atoms with van der Waals surface area (Å²) in [5.41, 5.74) is 0. The molecular formula is C10H17NO4. The minimum atomic E-state index is -0.349. The molecule has 0 aliphatic carbocycles. The van der Waals surface area contributed by atoms with Crippen LogP contribution in [0.3, 0.4) is 0 Å². The molecule has 0 aromatic carbocycles. The Kier molecular flexibility index (Phi) is 3.43. The van der Waals surface area contributed by atoms with Crippen molar-refractivity contribution in [2.75, 3.05) is 19.8 Å². The number of ether oxygens (including phenoxy) is 3. The summed E-state index contributed by atoms with van der Waals surface area (Å²) in [4.78, 5) is 11.3. The van der Waals surface area contributed by atoms with E-state index in [2.05, 4.69) is 5.32 Å². The van der Waals surface area contributed by atoms with E-state index in [0.717, 1.165) is 12.8 Å². The molecule has 2 fully saturated rings. The number of rotatable bonds is 3. The third kappa shape index (κ3) is 2.41. The van der Waals surface area contributed by atoms with Crippen molar-refractivity contribution in [2.24, 2.45) is 5.92 Å². The SMILES string of the molecule is CCCNC(=O)O[C@H]1CO[C@H]2OCC[C@H]21. The van der Waals surface area contributed by atoms with Gasteiger partial charge in [0.2, 0.25) is 0 Å². The van der Waals surface area contributed by atoms with E-state index in [1.165, 1.54) is 0 Å². The first kappa shape index (κ1) is 10.7. The van der Waals surface area contributed by atoms with E-state index >= 15 is 0 Å². The Labute approximate surface area is 89.1 Å². The van der Waals surface area contributed by atoms with E-state index in [-0.39, 0.29) is 24.4 Å². The molecule has 2 aliphatic rings. The maximum absolute atomic E-state index is 11.3. The highest BCUT2D eigenvalue weighted by Gasteiger charge is 2.43. The van der Waals surface area contributed by atoms with Crippen LogP contribution in [0.15, 0.2) is 0 Å². The molecule has 5 heteroatoms. The number of carbonyl (C=O) groups excluding carboxylic acids is 1. The lowest BCUT2D eigenvalue weighted by Crippen LogP contribution is -2.33. The van der Waals surface area contributed by atoms with Crippen molar-refractivity contribution < 1.29 is 19.0 Å². The molecule has 0 spiro atoms. The van der Waals surface area contributed by atoms with Crippen molar-refractivity contribution in [3.05, 3.63) is 0 Å². The zero-order valence-corrected chi connectivity index (χ0v) is 8.90. The van der Waals surface area contributed by atoms with Crippen LogP contribution in [0.5, 0.6) is 0 Å². The lowest BCUT2D eigenvalue weighted by Gasteiger charge is -2.15. The third-order valence-electron chi connectivity index (χ3n) is 2.76. The monoisotopic (exact) mass is 215 g/mol. The Balaban J connectivity index is 1.77. The molecule has 3 atom stereocenters. The summed E-state index contributed by atoms with van der Waals surface area (Å²) in [6, 6.07) is 0. The van der Waals surface area contributed by atoms with E-state index in [4.69, 9.17) is 14.2 Å². The van der Waals surface area contributed by atoms with Crippen LogP contribution in [0.1, 0.15) is 19.8 Å². The molecule has 2 rings (SSSR count). The van der Waals surface area contributed by atoms with Crippen molar-refractivity contribution in [1.82, 2.24) is 5.32 Å². The summed E-state index contributed by atoms with van der Waals surface area (Å²) < 4.78 is 16.0. The van der Waals surface area contributed by atoms with Crippen molar-refractivity contribution in [3.63, 3.8) is 0 Å². The van der Waals surface area contributed by atoms with E-state index in [0.29, 0.717) is 19.8 Å². The fourth-order valence-electron chi connectivity index (χ4n) is 1.95. The summed E-state index contributed by atoms with van der Waals surface area (Å²) in [6.45, 7) is 3.80. The van der Waals surface area contributed by atoms with Crippen LogP contribution in [0, 0.1) is 5.92 Å². The van der Waals surface area contributed by atoms with E-state index < -0.39 is 0 Å². The largest absolute Gasteiger partial charge is 0.443 e. The highest BCUT2D eigenvalue weighted by molar-refractivity contribution is 5.67. The number of fused-ring (bicyclic) bond motifs is 1. The molecule has 5 nitrogen and oxygen atoms in total. The van der Waals surface area contributed by atoms with Gasteiger partial charge in [0, 0.05) is 6.54 Å². The lowest BCUT2D eigenvalue weighted by atomic mass is 10.0. The fraction of sp³-hybridized carbons (Fsp3) is 0.900. The summed E-state index contributed by atoms with van der Waals surface area (Å²) in [5, 5.41) is 2.68. The minimum absolute atomic E-state index is 0.144. The molecule has 0 radical (unpaired) electrons. The topological polar surface area (TPSA) is 56.8 Å². The maximum atomic E-state index is 11.3. The second kappa shape index (κ2) is 4.81. The van der Waals surface area contributed by atoms with E-state index in [1.807, 2.05) is 6.92 Å². The zero-order chi connectivity index (χ0) is 10.7. The number of carbonyl (C=O) groups is 1. The Bertz CT molecular complexity index is 233. The van der Waals surface area contributed by atoms with Gasteiger partial charge < -0.3 is 19.5 Å². The van der Waals surface area contributed by atoms with Crippen LogP contribution in [0.25, 0.3) is 0 Å². The molecular weight excluding hydrogens is 198 g/mol. The highest BCUT2D eigenvalue weighted by Crippen LogP contribution is 2.32. The van der Waals surface area contributed by atoms with E-state index in [9.17, 15) is 4.79 Å². The van der Waals surface area contributed by atoms with Crippen LogP contribution < -0.4 is 5.32 Å². The number of alkyl carbamates (subject to hydrolysis) is 1. The minimum Gasteiger partial charge on any atom is -0.443 e. The van der Waals surface area contributed by atoms with Crippen molar-refractivity contribution >= 4 is 6.09 Å². The van der Waals surface area contributed by atoms with Gasteiger partial charge in [-0.25, -0.2) is 4.79 Å². The number of hydrogen-bond acceptors (Lipinski definition) is 4. The lowest BCUT2D eigenvalue weighted by molar-refractivity contribution is -0.0907. The second-order valence-electron chi connectivity index (χ2n) is 3.90. The summed E-state index contributed by atoms with van der Waals surface area (Å²) in [7, 11) is 0. The van der Waals surface area contributed by atoms with Gasteiger partial charge >= 0.3 is 6.09 Å². The molecule has 0 bridgehead atoms. The molecule has 0 aromatic heterocycles. The Hall–Kier alpha value is -0.810. The van der Waals surface area contributed by atoms with Gasteiger partial charge in [-0.05, 0) is 12.8 Å². The Morgan fingerprint density at radius 2 is 2.40 bits per heavy atom. The maximum Gasteiger partial charge on any atom is 0.407 e. The summed E-state index contributed by atoms with van der Waals surface area (Å²) >= 11 is 0. The molecule has 0 unspecified atom stereocenters. The first-order valence-electron chi connectivity index (χ1n) is 5.49. The summed E-state index contributed by atoms with van der Waals surface area (Å²) in [6.07, 6.45) is 1.17. The molecule has 2 aliphatic heterocycles. The van der Waals surface area contributed by atoms with Crippen LogP contribution >= 0.6 is 0 Å². The van der Waals surface area contributed by atoms with Gasteiger partial charge in [-0.3, -0.25) is 0 Å². The average molecular weight is 215 g/mol. The van der Waals surface area contributed by atoms with Crippen molar-refractivity contribution in [1.29, 1.82) is 0 Å². The fourth-order valence-corrected chi connectivity index (χ4v) is 1.95. The predicted molar refractivity (Wildman–Crippen MR) is 52.4 cm³/mol. The van der Waals surface area contributed by atoms with Crippen molar-refractivity contribution in [2.45, 2.75) is 32.2 Å². The first-order chi connectivity index (χ1) is 7.31. The van der Waals surface area contributed by atoms with Gasteiger partial charge in [0.1, 0.15) is 6.10 Å². The zero-order valence-electron chi connectivity index (χ0n) is 8.90. The number of nitrogens with one attached hydrogen (secondary N) is 1. The number of hydrogen-bond donors (Lipinski definition) is 1. The van der Waals surface area contributed by atoms with Crippen LogP contribution in [0.2, 0.25) is 0 Å². The van der Waals surface area contributed by atoms with Crippen LogP contribution in [0.4, 0.5) is 4.79 Å². The van der Waals surface area contributed by atoms with Gasteiger partial charge in [-0.2, -0.15) is 0 Å². The first-order valence-corrected chi connectivity index (χ1v) is 5.49. The predicted octanol–water partition coefficient (Wildman–Crippen LogP) is 0.884. The van der Waals surface area contributed by atoms with E-state index in [1.54, 1.807) is 0 Å². The smallest absolute Gasteiger partial charge is 0.407 e. The Morgan fingerprint density at radius 3 is 3.20 bits per heavy atom. The Morgan fingerprint density at radius 1 is 1.53 bits per heavy atom. The van der Waals surface area contributed by atoms with Gasteiger partial charge in [-0.1, -0.05) is 6.92 Å². The average Bonchev–Trinajstić information content (AvgIpc) is 2.80. The molecule has 2 heterocycles.